The molecule has 182 valence electrons. The lowest BCUT2D eigenvalue weighted by Gasteiger charge is -2.17. The molecule has 0 aliphatic rings. The van der Waals surface area contributed by atoms with Crippen molar-refractivity contribution < 1.29 is 9.72 Å². The van der Waals surface area contributed by atoms with Crippen LogP contribution in [0.1, 0.15) is 42.6 Å². The second kappa shape index (κ2) is 8.64. The maximum Gasteiger partial charge on any atom is 0.304 e. The number of nitrogens with zero attached hydrogens (tertiary/aromatic N) is 4. The Bertz CT molecular complexity index is 1720. The van der Waals surface area contributed by atoms with E-state index in [4.69, 9.17) is 0 Å². The van der Waals surface area contributed by atoms with E-state index in [1.54, 1.807) is 30.3 Å². The number of nitro groups is 1. The van der Waals surface area contributed by atoms with Gasteiger partial charge in [0.1, 0.15) is 10.7 Å². The van der Waals surface area contributed by atoms with Crippen LogP contribution in [0.15, 0.2) is 47.3 Å². The second-order valence-electron chi connectivity index (χ2n) is 8.90. The van der Waals surface area contributed by atoms with Gasteiger partial charge in [0, 0.05) is 11.0 Å². The average molecular weight is 504 g/mol. The fourth-order valence-corrected chi connectivity index (χ4v) is 4.66. The molecule has 12 heteroatoms. The van der Waals surface area contributed by atoms with Crippen molar-refractivity contribution in [2.45, 2.75) is 32.6 Å². The van der Waals surface area contributed by atoms with Gasteiger partial charge < -0.3 is 9.97 Å². The number of carbonyl (C=O) groups excluding carboxylic acids is 1. The highest BCUT2D eigenvalue weighted by molar-refractivity contribution is 7.15. The maximum absolute atomic E-state index is 12.9. The molecule has 0 aliphatic carbocycles. The molecule has 0 saturated heterocycles. The third-order valence-corrected chi connectivity index (χ3v) is 7.37. The van der Waals surface area contributed by atoms with Gasteiger partial charge >= 0.3 is 5.69 Å². The van der Waals surface area contributed by atoms with Crippen molar-refractivity contribution in [3.05, 3.63) is 73.5 Å². The minimum absolute atomic E-state index is 0.0323. The van der Waals surface area contributed by atoms with Crippen molar-refractivity contribution >= 4 is 50.0 Å². The zero-order valence-corrected chi connectivity index (χ0v) is 20.4. The highest BCUT2D eigenvalue weighted by atomic mass is 32.1. The summed E-state index contributed by atoms with van der Waals surface area (Å²) in [5, 5.41) is 24.3. The van der Waals surface area contributed by atoms with Crippen LogP contribution in [0.3, 0.4) is 0 Å². The summed E-state index contributed by atoms with van der Waals surface area (Å²) >= 11 is 1.29. The topological polar surface area (TPSA) is 160 Å². The van der Waals surface area contributed by atoms with E-state index in [-0.39, 0.29) is 33.4 Å². The van der Waals surface area contributed by atoms with E-state index in [0.29, 0.717) is 21.7 Å². The molecule has 11 nitrogen and oxygen atoms in total. The molecule has 0 radical (unpaired) electrons. The minimum Gasteiger partial charge on any atom is -0.347 e. The molecule has 3 aromatic heterocycles. The van der Waals surface area contributed by atoms with Gasteiger partial charge in [0.05, 0.1) is 26.9 Å². The van der Waals surface area contributed by atoms with E-state index in [2.05, 4.69) is 30.5 Å². The fraction of sp³-hybridized carbons (Fsp3) is 0.208. The van der Waals surface area contributed by atoms with Crippen LogP contribution >= 0.6 is 11.3 Å². The number of fused-ring (bicyclic) bond motifs is 2. The number of hydrogen-bond acceptors (Lipinski definition) is 8. The summed E-state index contributed by atoms with van der Waals surface area (Å²) in [4.78, 5) is 47.1. The first kappa shape index (κ1) is 23.3. The van der Waals surface area contributed by atoms with Gasteiger partial charge in [-0.2, -0.15) is 0 Å². The molecule has 3 heterocycles. The summed E-state index contributed by atoms with van der Waals surface area (Å²) in [6, 6.07) is 11.4. The van der Waals surface area contributed by atoms with Crippen LogP contribution in [0, 0.1) is 10.1 Å². The normalized spacial score (nSPS) is 11.8. The zero-order valence-electron chi connectivity index (χ0n) is 19.6. The molecule has 3 N–H and O–H groups in total. The van der Waals surface area contributed by atoms with Gasteiger partial charge in [0.2, 0.25) is 5.13 Å². The summed E-state index contributed by atoms with van der Waals surface area (Å²) in [6.45, 7) is 6.14. The quantitative estimate of drug-likeness (QED) is 0.222. The lowest BCUT2D eigenvalue weighted by atomic mass is 9.91. The number of rotatable bonds is 6. The summed E-state index contributed by atoms with van der Waals surface area (Å²) in [5.74, 6) is -0.479. The SMILES string of the molecule is CCC(C)(C)c1nnc(NC(=O)c2ccc3[nH]c(-c4nc5ccccc5[nH]c4=O)c([N+](=O)[O-])c3c2)s1. The average Bonchev–Trinajstić information content (AvgIpc) is 3.48. The van der Waals surface area contributed by atoms with Crippen LogP contribution in [0.25, 0.3) is 33.3 Å². The van der Waals surface area contributed by atoms with Crippen molar-refractivity contribution in [3.63, 3.8) is 0 Å². The molecule has 0 bridgehead atoms. The number of H-pyrrole nitrogens is 2. The highest BCUT2D eigenvalue weighted by Crippen LogP contribution is 2.36. The third-order valence-electron chi connectivity index (χ3n) is 6.16. The zero-order chi connectivity index (χ0) is 25.6. The summed E-state index contributed by atoms with van der Waals surface area (Å²) in [5.41, 5.74) is 0.385. The van der Waals surface area contributed by atoms with Crippen LogP contribution in [0.4, 0.5) is 10.8 Å². The molecule has 0 fully saturated rings. The standard InChI is InChI=1S/C24H21N7O4S/c1-4-24(2,3)22-29-30-23(36-22)28-20(32)12-9-10-14-13(11-12)19(31(34)35)17(25-14)18-21(33)27-16-8-6-5-7-15(16)26-18/h5-11,25H,4H2,1-3H3,(H,27,33)(H,28,30,32). The monoisotopic (exact) mass is 503 g/mol. The van der Waals surface area contributed by atoms with Crippen LogP contribution in [-0.2, 0) is 5.41 Å². The van der Waals surface area contributed by atoms with Crippen LogP contribution in [-0.4, -0.2) is 36.0 Å². The van der Waals surface area contributed by atoms with Crippen LogP contribution in [0.2, 0.25) is 0 Å². The molecular formula is C24H21N7O4S. The van der Waals surface area contributed by atoms with E-state index in [0.717, 1.165) is 11.4 Å². The lowest BCUT2D eigenvalue weighted by molar-refractivity contribution is -0.382. The molecule has 0 spiro atoms. The maximum atomic E-state index is 12.9. The summed E-state index contributed by atoms with van der Waals surface area (Å²) in [7, 11) is 0. The van der Waals surface area contributed by atoms with E-state index in [9.17, 15) is 19.7 Å². The van der Waals surface area contributed by atoms with Crippen molar-refractivity contribution in [2.75, 3.05) is 5.32 Å². The van der Waals surface area contributed by atoms with Crippen molar-refractivity contribution in [1.29, 1.82) is 0 Å². The minimum atomic E-state index is -0.587. The van der Waals surface area contributed by atoms with Gasteiger partial charge in [-0.1, -0.05) is 44.2 Å². The van der Waals surface area contributed by atoms with Gasteiger partial charge in [0.15, 0.2) is 5.69 Å². The number of nitrogens with one attached hydrogen (secondary N) is 3. The molecule has 0 atom stereocenters. The summed E-state index contributed by atoms with van der Waals surface area (Å²) < 4.78 is 0. The Kier molecular flexibility index (Phi) is 5.59. The van der Waals surface area contributed by atoms with E-state index >= 15 is 0 Å². The van der Waals surface area contributed by atoms with Gasteiger partial charge in [0.25, 0.3) is 11.5 Å². The first-order valence-electron chi connectivity index (χ1n) is 11.1. The number of benzene rings is 2. The van der Waals surface area contributed by atoms with Crippen molar-refractivity contribution in [3.8, 4) is 11.4 Å². The highest BCUT2D eigenvalue weighted by Gasteiger charge is 2.28. The first-order valence-corrected chi connectivity index (χ1v) is 11.9. The molecule has 1 amide bonds. The van der Waals surface area contributed by atoms with Gasteiger partial charge in [-0.15, -0.1) is 10.2 Å². The molecule has 5 rings (SSSR count). The Labute approximate surface area is 207 Å². The predicted octanol–water partition coefficient (Wildman–Crippen LogP) is 4.77. The molecular weight excluding hydrogens is 482 g/mol. The third kappa shape index (κ3) is 4.01. The largest absolute Gasteiger partial charge is 0.347 e. The van der Waals surface area contributed by atoms with Crippen molar-refractivity contribution in [2.24, 2.45) is 0 Å². The van der Waals surface area contributed by atoms with Crippen LogP contribution in [0.5, 0.6) is 0 Å². The van der Waals surface area contributed by atoms with Gasteiger partial charge in [-0.05, 0) is 36.8 Å². The first-order chi connectivity index (χ1) is 17.2. The Morgan fingerprint density at radius 3 is 2.67 bits per heavy atom. The number of aromatic nitrogens is 5. The molecule has 36 heavy (non-hydrogen) atoms. The van der Waals surface area contributed by atoms with E-state index in [1.165, 1.54) is 23.5 Å². The number of para-hydroxylation sites is 2. The fourth-order valence-electron chi connectivity index (χ4n) is 3.75. The van der Waals surface area contributed by atoms with Crippen molar-refractivity contribution in [1.82, 2.24) is 25.1 Å². The van der Waals surface area contributed by atoms with Gasteiger partial charge in [-0.25, -0.2) is 4.98 Å². The molecule has 5 aromatic rings. The molecule has 2 aromatic carbocycles. The number of aromatic amines is 2. The smallest absolute Gasteiger partial charge is 0.304 e. The Balaban J connectivity index is 1.55. The second-order valence-corrected chi connectivity index (χ2v) is 9.88. The molecule has 0 unspecified atom stereocenters. The van der Waals surface area contributed by atoms with E-state index < -0.39 is 16.4 Å². The summed E-state index contributed by atoms with van der Waals surface area (Å²) in [6.07, 6.45) is 0.862. The van der Waals surface area contributed by atoms with Crippen LogP contribution < -0.4 is 10.9 Å². The number of amides is 1. The molecule has 0 saturated carbocycles. The number of hydrogen-bond donors (Lipinski definition) is 3. The van der Waals surface area contributed by atoms with E-state index in [1.807, 2.05) is 20.8 Å². The number of carbonyl (C=O) groups is 1. The van der Waals surface area contributed by atoms with Gasteiger partial charge in [-0.3, -0.25) is 25.0 Å². The Morgan fingerprint density at radius 1 is 1.14 bits per heavy atom. The Hall–Kier alpha value is -4.45. The predicted molar refractivity (Wildman–Crippen MR) is 137 cm³/mol. The lowest BCUT2D eigenvalue weighted by Crippen LogP contribution is -2.14. The Morgan fingerprint density at radius 2 is 1.92 bits per heavy atom. The molecule has 0 aliphatic heterocycles. The number of anilines is 1.